The van der Waals surface area contributed by atoms with Crippen LogP contribution in [0, 0.1) is 5.82 Å². The molecular formula is C21H21FN4O3S2. The fourth-order valence-electron chi connectivity index (χ4n) is 3.46. The number of benzene rings is 2. The van der Waals surface area contributed by atoms with Gasteiger partial charge in [-0.15, -0.1) is 11.3 Å². The highest BCUT2D eigenvalue weighted by atomic mass is 32.2. The van der Waals surface area contributed by atoms with Crippen molar-refractivity contribution < 1.29 is 17.6 Å². The lowest BCUT2D eigenvalue weighted by molar-refractivity contribution is -0.118. The Morgan fingerprint density at radius 2 is 2.00 bits per heavy atom. The molecule has 31 heavy (non-hydrogen) atoms. The Kier molecular flexibility index (Phi) is 6.30. The van der Waals surface area contributed by atoms with Gasteiger partial charge < -0.3 is 10.2 Å². The molecule has 162 valence electrons. The fraction of sp³-hybridized carbons (Fsp3) is 0.238. The van der Waals surface area contributed by atoms with Crippen LogP contribution in [-0.2, 0) is 21.2 Å². The maximum absolute atomic E-state index is 13.3. The largest absolute Gasteiger partial charge is 0.311 e. The van der Waals surface area contributed by atoms with Gasteiger partial charge in [0.2, 0.25) is 5.91 Å². The Bertz CT molecular complexity index is 1150. The number of halogens is 1. The first-order valence-electron chi connectivity index (χ1n) is 9.74. The zero-order valence-corrected chi connectivity index (χ0v) is 18.1. The molecule has 1 atom stereocenters. The van der Waals surface area contributed by atoms with Crippen LogP contribution in [0.2, 0.25) is 0 Å². The molecule has 1 aliphatic rings. The first kappa shape index (κ1) is 21.4. The number of thiazole rings is 1. The summed E-state index contributed by atoms with van der Waals surface area (Å²) in [4.78, 5) is 18.4. The molecule has 0 radical (unpaired) electrons. The van der Waals surface area contributed by atoms with Crippen LogP contribution < -0.4 is 14.9 Å². The molecule has 0 bridgehead atoms. The molecule has 1 fully saturated rings. The molecule has 4 rings (SSSR count). The summed E-state index contributed by atoms with van der Waals surface area (Å²) in [5.74, 6) is -0.330. The van der Waals surface area contributed by atoms with Crippen molar-refractivity contribution in [1.29, 1.82) is 0 Å². The van der Waals surface area contributed by atoms with E-state index in [1.54, 1.807) is 28.5 Å². The van der Waals surface area contributed by atoms with Crippen LogP contribution in [0.1, 0.15) is 12.0 Å². The second kappa shape index (κ2) is 9.13. The van der Waals surface area contributed by atoms with Gasteiger partial charge in [0.1, 0.15) is 5.82 Å². The molecular weight excluding hydrogens is 439 g/mol. The molecule has 1 saturated heterocycles. The maximum Gasteiger partial charge on any atom is 0.263 e. The van der Waals surface area contributed by atoms with E-state index in [1.165, 1.54) is 41.8 Å². The highest BCUT2D eigenvalue weighted by Crippen LogP contribution is 2.25. The van der Waals surface area contributed by atoms with Crippen molar-refractivity contribution in [3.05, 3.63) is 71.5 Å². The molecule has 1 aliphatic heterocycles. The average molecular weight is 461 g/mol. The van der Waals surface area contributed by atoms with Crippen LogP contribution in [0.15, 0.2) is 65.0 Å². The summed E-state index contributed by atoms with van der Waals surface area (Å²) in [6, 6.07) is 12.3. The number of carbonyl (C=O) groups excluding carboxylic acids is 1. The van der Waals surface area contributed by atoms with Crippen molar-refractivity contribution in [3.63, 3.8) is 0 Å². The number of amides is 1. The van der Waals surface area contributed by atoms with Crippen LogP contribution in [0.4, 0.5) is 15.2 Å². The van der Waals surface area contributed by atoms with Gasteiger partial charge in [-0.2, -0.15) is 0 Å². The highest BCUT2D eigenvalue weighted by molar-refractivity contribution is 7.93. The minimum atomic E-state index is -3.73. The second-order valence-electron chi connectivity index (χ2n) is 7.10. The molecule has 2 N–H and O–H groups in total. The molecule has 3 aromatic rings. The molecule has 2 aromatic carbocycles. The van der Waals surface area contributed by atoms with E-state index < -0.39 is 10.0 Å². The van der Waals surface area contributed by atoms with Crippen molar-refractivity contribution in [2.45, 2.75) is 23.8 Å². The third kappa shape index (κ3) is 5.09. The monoisotopic (exact) mass is 460 g/mol. The minimum Gasteiger partial charge on any atom is -0.311 e. The van der Waals surface area contributed by atoms with Gasteiger partial charge in [-0.25, -0.2) is 17.8 Å². The van der Waals surface area contributed by atoms with Gasteiger partial charge in [-0.3, -0.25) is 9.52 Å². The van der Waals surface area contributed by atoms with Crippen molar-refractivity contribution in [2.75, 3.05) is 22.7 Å². The Labute approximate surface area is 184 Å². The summed E-state index contributed by atoms with van der Waals surface area (Å²) in [5, 5.41) is 5.21. The number of hydrogen-bond donors (Lipinski definition) is 2. The summed E-state index contributed by atoms with van der Waals surface area (Å²) in [6.07, 6.45) is 2.79. The van der Waals surface area contributed by atoms with Gasteiger partial charge in [0.05, 0.1) is 10.9 Å². The molecule has 10 heteroatoms. The van der Waals surface area contributed by atoms with E-state index >= 15 is 0 Å². The minimum absolute atomic E-state index is 0.0595. The standard InChI is InChI=1S/C21H21FN4O3S2/c22-16-3-1-2-15(14-16)8-10-23-19-9-12-26(20(19)27)17-4-6-18(7-5-17)31(28,29)25-21-24-11-13-30-21/h1-7,11,13-14,19,23H,8-10,12H2,(H,24,25)/t19-/m0/s1. The molecule has 0 unspecified atom stereocenters. The van der Waals surface area contributed by atoms with Crippen LogP contribution in [0.3, 0.4) is 0 Å². The van der Waals surface area contributed by atoms with Gasteiger partial charge >= 0.3 is 0 Å². The van der Waals surface area contributed by atoms with E-state index in [4.69, 9.17) is 0 Å². The first-order valence-corrected chi connectivity index (χ1v) is 12.1. The Morgan fingerprint density at radius 1 is 1.19 bits per heavy atom. The van der Waals surface area contributed by atoms with Gasteiger partial charge in [0, 0.05) is 23.8 Å². The van der Waals surface area contributed by atoms with Gasteiger partial charge in [0.15, 0.2) is 5.13 Å². The molecule has 0 spiro atoms. The van der Waals surface area contributed by atoms with E-state index in [-0.39, 0.29) is 22.7 Å². The van der Waals surface area contributed by atoms with Crippen LogP contribution in [-0.4, -0.2) is 38.4 Å². The lowest BCUT2D eigenvalue weighted by atomic mass is 10.1. The molecule has 7 nitrogen and oxygen atoms in total. The zero-order valence-electron chi connectivity index (χ0n) is 16.5. The van der Waals surface area contributed by atoms with Gasteiger partial charge in [-0.05, 0) is 61.3 Å². The SMILES string of the molecule is O=C1[C@@H](NCCc2cccc(F)c2)CCN1c1ccc(S(=O)(=O)Nc2nccs2)cc1. The quantitative estimate of drug-likeness (QED) is 0.539. The van der Waals surface area contributed by atoms with Crippen LogP contribution in [0.5, 0.6) is 0 Å². The number of aromatic nitrogens is 1. The predicted octanol–water partition coefficient (Wildman–Crippen LogP) is 3.02. The Hall–Kier alpha value is -2.82. The van der Waals surface area contributed by atoms with E-state index in [2.05, 4.69) is 15.0 Å². The smallest absolute Gasteiger partial charge is 0.263 e. The second-order valence-corrected chi connectivity index (χ2v) is 9.68. The van der Waals surface area contributed by atoms with E-state index in [1.807, 2.05) is 6.07 Å². The summed E-state index contributed by atoms with van der Waals surface area (Å²) in [5.41, 5.74) is 1.52. The number of hydrogen-bond acceptors (Lipinski definition) is 6. The summed E-state index contributed by atoms with van der Waals surface area (Å²) in [7, 11) is -3.73. The summed E-state index contributed by atoms with van der Waals surface area (Å²) < 4.78 is 40.6. The van der Waals surface area contributed by atoms with Crippen molar-refractivity contribution in [1.82, 2.24) is 10.3 Å². The first-order chi connectivity index (χ1) is 14.9. The Balaban J connectivity index is 1.35. The van der Waals surface area contributed by atoms with Crippen molar-refractivity contribution in [3.8, 4) is 0 Å². The highest BCUT2D eigenvalue weighted by Gasteiger charge is 2.32. The average Bonchev–Trinajstić information content (AvgIpc) is 3.38. The number of sulfonamides is 1. The lowest BCUT2D eigenvalue weighted by Crippen LogP contribution is -2.39. The molecule has 1 amide bonds. The number of nitrogens with one attached hydrogen (secondary N) is 2. The Morgan fingerprint density at radius 3 is 2.71 bits per heavy atom. The molecule has 2 heterocycles. The summed E-state index contributed by atoms with van der Waals surface area (Å²) >= 11 is 1.19. The topological polar surface area (TPSA) is 91.4 Å². The lowest BCUT2D eigenvalue weighted by Gasteiger charge is -2.18. The van der Waals surface area contributed by atoms with E-state index in [0.29, 0.717) is 36.8 Å². The normalized spacial score (nSPS) is 16.6. The van der Waals surface area contributed by atoms with Gasteiger partial charge in [0.25, 0.3) is 10.0 Å². The summed E-state index contributed by atoms with van der Waals surface area (Å²) in [6.45, 7) is 1.10. The van der Waals surface area contributed by atoms with Crippen molar-refractivity contribution >= 4 is 38.1 Å². The fourth-order valence-corrected chi connectivity index (χ4v) is 5.25. The molecule has 1 aromatic heterocycles. The van der Waals surface area contributed by atoms with E-state index in [0.717, 1.165) is 5.56 Å². The van der Waals surface area contributed by atoms with Crippen LogP contribution >= 0.6 is 11.3 Å². The number of rotatable bonds is 8. The van der Waals surface area contributed by atoms with Crippen molar-refractivity contribution in [2.24, 2.45) is 0 Å². The van der Waals surface area contributed by atoms with E-state index in [9.17, 15) is 17.6 Å². The maximum atomic E-state index is 13.3. The third-order valence-electron chi connectivity index (χ3n) is 5.01. The third-order valence-corrected chi connectivity index (χ3v) is 7.18. The predicted molar refractivity (Wildman–Crippen MR) is 118 cm³/mol. The number of anilines is 2. The number of carbonyl (C=O) groups is 1. The van der Waals surface area contributed by atoms with Gasteiger partial charge in [-0.1, -0.05) is 12.1 Å². The molecule has 0 saturated carbocycles. The number of nitrogens with zero attached hydrogens (tertiary/aromatic N) is 2. The molecule has 0 aliphatic carbocycles. The van der Waals surface area contributed by atoms with Crippen LogP contribution in [0.25, 0.3) is 0 Å². The zero-order chi connectivity index (χ0) is 21.8.